The summed E-state index contributed by atoms with van der Waals surface area (Å²) in [5.74, 6) is 4.25. The van der Waals surface area contributed by atoms with Gasteiger partial charge in [-0.05, 0) is 0 Å². The first-order chi connectivity index (χ1) is 11.4. The van der Waals surface area contributed by atoms with Crippen molar-refractivity contribution in [3.8, 4) is 0 Å². The molecule has 27 heavy (non-hydrogen) atoms. The maximum absolute atomic E-state index is 2.62. The van der Waals surface area contributed by atoms with Gasteiger partial charge in [0.25, 0.3) is 0 Å². The summed E-state index contributed by atoms with van der Waals surface area (Å²) in [6.07, 6.45) is 35.3. The van der Waals surface area contributed by atoms with Crippen molar-refractivity contribution in [1.29, 1.82) is 0 Å². The van der Waals surface area contributed by atoms with Crippen LogP contribution in [0, 0.1) is 86.9 Å². The Kier molecular flexibility index (Phi) is 21.5. The summed E-state index contributed by atoms with van der Waals surface area (Å²) in [5, 5.41) is 0. The molecule has 6 unspecified atom stereocenters. The molecule has 0 aromatic heterocycles. The summed E-state index contributed by atoms with van der Waals surface area (Å²) in [5.41, 5.74) is 0. The average Bonchev–Trinajstić information content (AvgIpc) is 2.61. The molecule has 4 aliphatic carbocycles. The predicted octanol–water partition coefficient (Wildman–Crippen LogP) is -6.55. The van der Waals surface area contributed by atoms with Crippen LogP contribution in [0.2, 0.25) is 0 Å². The maximum atomic E-state index is 2.62. The first-order valence-electron chi connectivity index (χ1n) is 9.45. The summed E-state index contributed by atoms with van der Waals surface area (Å²) in [7, 11) is 0. The van der Waals surface area contributed by atoms with Crippen molar-refractivity contribution in [2.24, 2.45) is 35.5 Å². The Morgan fingerprint density at radius 1 is 0.556 bits per heavy atom. The van der Waals surface area contributed by atoms with E-state index in [4.69, 9.17) is 0 Å². The second kappa shape index (κ2) is 17.9. The summed E-state index contributed by atoms with van der Waals surface area (Å²) in [4.78, 5) is 0. The second-order valence-corrected chi connectivity index (χ2v) is 7.63. The zero-order valence-electron chi connectivity index (χ0n) is 17.9. The molecular formula is C23H28K4-4. The Hall–Kier alpha value is 5.51. The number of fused-ring (bicyclic) bond motifs is 2. The molecule has 4 rings (SSSR count). The Morgan fingerprint density at radius 2 is 0.926 bits per heavy atom. The molecule has 6 atom stereocenters. The van der Waals surface area contributed by atoms with Crippen molar-refractivity contribution in [2.45, 2.75) is 32.1 Å². The fourth-order valence-corrected chi connectivity index (χ4v) is 4.66. The molecule has 0 radical (unpaired) electrons. The largest absolute Gasteiger partial charge is 1.00 e. The quantitative estimate of drug-likeness (QED) is 0.289. The molecule has 2 fully saturated rings. The molecule has 0 amide bonds. The van der Waals surface area contributed by atoms with Gasteiger partial charge in [-0.3, -0.25) is 23.7 Å². The molecule has 4 aliphatic rings. The number of rotatable bonds is 4. The van der Waals surface area contributed by atoms with Crippen molar-refractivity contribution in [1.82, 2.24) is 0 Å². The van der Waals surface area contributed by atoms with Gasteiger partial charge in [0.1, 0.15) is 0 Å². The van der Waals surface area contributed by atoms with E-state index in [2.05, 4.69) is 75.7 Å². The Labute approximate surface area is 339 Å². The van der Waals surface area contributed by atoms with Crippen molar-refractivity contribution in [2.75, 3.05) is 0 Å². The first kappa shape index (κ1) is 32.5. The molecule has 0 nitrogen and oxygen atoms in total. The van der Waals surface area contributed by atoms with E-state index in [0.29, 0.717) is 23.7 Å². The molecule has 2 saturated carbocycles. The molecule has 0 spiro atoms. The van der Waals surface area contributed by atoms with Crippen LogP contribution in [0.15, 0.2) is 24.3 Å². The van der Waals surface area contributed by atoms with E-state index in [1.807, 2.05) is 0 Å². The molecule has 0 N–H and O–H groups in total. The molecule has 0 aromatic carbocycles. The van der Waals surface area contributed by atoms with E-state index in [-0.39, 0.29) is 206 Å². The maximum Gasteiger partial charge on any atom is 1.00 e. The van der Waals surface area contributed by atoms with Crippen molar-refractivity contribution >= 4 is 0 Å². The fourth-order valence-electron chi connectivity index (χ4n) is 4.66. The van der Waals surface area contributed by atoms with Crippen LogP contribution in [0.5, 0.6) is 0 Å². The van der Waals surface area contributed by atoms with Crippen molar-refractivity contribution in [3.05, 3.63) is 75.7 Å². The standard InChI is InChI=1S/C23H28.4K/c1-3-10-22-16-18(12-14-20(22)8-1)6-5-7-19-13-15-21-9-2-4-11-23(21)17-19;;;;/h1-4,8-11,14-23H,5-7,12-13H2;;;;/q-8;4*+1. The van der Waals surface area contributed by atoms with Crippen LogP contribution in [-0.2, 0) is 0 Å². The van der Waals surface area contributed by atoms with Crippen LogP contribution < -0.4 is 206 Å². The molecule has 4 heteroatoms. The summed E-state index contributed by atoms with van der Waals surface area (Å²) in [6.45, 7) is 0. The van der Waals surface area contributed by atoms with Gasteiger partial charge in [0.15, 0.2) is 0 Å². The van der Waals surface area contributed by atoms with Gasteiger partial charge >= 0.3 is 206 Å². The number of hydrogen-bond donors (Lipinski definition) is 0. The molecular weight excluding hydrogens is 433 g/mol. The normalized spacial score (nSPS) is 35.4. The summed E-state index contributed by atoms with van der Waals surface area (Å²) >= 11 is 0. The third-order valence-corrected chi connectivity index (χ3v) is 6.01. The van der Waals surface area contributed by atoms with Gasteiger partial charge < -0.3 is 75.7 Å². The van der Waals surface area contributed by atoms with E-state index in [9.17, 15) is 0 Å². The molecule has 0 bridgehead atoms. The van der Waals surface area contributed by atoms with Gasteiger partial charge in [-0.1, -0.05) is 19.3 Å². The van der Waals surface area contributed by atoms with Crippen LogP contribution in [0.3, 0.4) is 0 Å². The molecule has 0 heterocycles. The van der Waals surface area contributed by atoms with Gasteiger partial charge in [-0.15, -0.1) is 0 Å². The van der Waals surface area contributed by atoms with Crippen LogP contribution in [0.1, 0.15) is 32.1 Å². The fraction of sp³-hybridized carbons (Fsp3) is 0.478. The average molecular weight is 461 g/mol. The molecule has 128 valence electrons. The SMILES string of the molecule is C1=C[CH-]C2[CH-]C(CCCC3[CH-]C4[CH-]C=C[CH-]C4[CH-]C3)C[CH-]C2[CH-]1.[K+].[K+].[K+].[K+]. The van der Waals surface area contributed by atoms with Crippen LogP contribution in [0.25, 0.3) is 0 Å². The van der Waals surface area contributed by atoms with Crippen molar-refractivity contribution in [3.63, 3.8) is 0 Å². The van der Waals surface area contributed by atoms with E-state index >= 15 is 0 Å². The van der Waals surface area contributed by atoms with E-state index in [0.717, 1.165) is 11.8 Å². The topological polar surface area (TPSA) is 0 Å². The van der Waals surface area contributed by atoms with Crippen molar-refractivity contribution < 1.29 is 206 Å². The first-order valence-corrected chi connectivity index (χ1v) is 9.45. The Morgan fingerprint density at radius 3 is 1.33 bits per heavy atom. The minimum atomic E-state index is 0. The minimum Gasteiger partial charge on any atom is -0.381 e. The van der Waals surface area contributed by atoms with Gasteiger partial charge in [-0.25, -0.2) is 12.8 Å². The number of hydrogen-bond acceptors (Lipinski definition) is 0. The van der Waals surface area contributed by atoms with Crippen LogP contribution >= 0.6 is 0 Å². The number of allylic oxidation sites excluding steroid dienone is 4. The second-order valence-electron chi connectivity index (χ2n) is 7.63. The smallest absolute Gasteiger partial charge is 0.381 e. The minimum absolute atomic E-state index is 0. The predicted molar refractivity (Wildman–Crippen MR) is 96.7 cm³/mol. The summed E-state index contributed by atoms with van der Waals surface area (Å²) < 4.78 is 0. The zero-order chi connectivity index (χ0) is 15.5. The van der Waals surface area contributed by atoms with Gasteiger partial charge in [0.2, 0.25) is 0 Å². The Balaban J connectivity index is 0.00000169. The van der Waals surface area contributed by atoms with Crippen LogP contribution in [0.4, 0.5) is 0 Å². The van der Waals surface area contributed by atoms with E-state index in [1.165, 1.54) is 32.1 Å². The van der Waals surface area contributed by atoms with E-state index in [1.54, 1.807) is 0 Å². The third kappa shape index (κ3) is 10.3. The Bertz CT molecular complexity index is 408. The monoisotopic (exact) mass is 460 g/mol. The summed E-state index contributed by atoms with van der Waals surface area (Å²) in [6, 6.07) is 0. The molecule has 0 saturated heterocycles. The molecule has 0 aliphatic heterocycles. The molecule has 0 aromatic rings. The van der Waals surface area contributed by atoms with Crippen LogP contribution in [-0.4, -0.2) is 0 Å². The van der Waals surface area contributed by atoms with Gasteiger partial charge in [0, 0.05) is 0 Å². The third-order valence-electron chi connectivity index (χ3n) is 6.01. The zero-order valence-corrected chi connectivity index (χ0v) is 30.4. The van der Waals surface area contributed by atoms with Gasteiger partial charge in [-0.2, -0.15) is 11.8 Å². The van der Waals surface area contributed by atoms with E-state index < -0.39 is 0 Å². The van der Waals surface area contributed by atoms with Gasteiger partial charge in [0.05, 0.1) is 0 Å².